The van der Waals surface area contributed by atoms with Crippen molar-refractivity contribution in [3.05, 3.63) is 23.3 Å². The van der Waals surface area contributed by atoms with Gasteiger partial charge in [-0.25, -0.2) is 9.59 Å². The highest BCUT2D eigenvalue weighted by atomic mass is 16.5. The molecule has 0 fully saturated rings. The van der Waals surface area contributed by atoms with E-state index in [1.807, 2.05) is 13.8 Å². The number of hydrogen-bond acceptors (Lipinski definition) is 5. The molecule has 0 rings (SSSR count). The SMILES string of the molecule is C=C(CC(=O)O)C(=O)O.CCC(CC)=C(C)C(=O)OCCN. The van der Waals surface area contributed by atoms with E-state index in [2.05, 4.69) is 6.58 Å². The summed E-state index contributed by atoms with van der Waals surface area (Å²) in [7, 11) is 0. The molecular formula is C15H25NO6. The molecule has 0 saturated heterocycles. The number of carbonyl (C=O) groups is 3. The second kappa shape index (κ2) is 12.6. The zero-order valence-corrected chi connectivity index (χ0v) is 13.3. The highest BCUT2D eigenvalue weighted by molar-refractivity contribution is 5.91. The van der Waals surface area contributed by atoms with Crippen LogP contribution in [0.25, 0.3) is 0 Å². The summed E-state index contributed by atoms with van der Waals surface area (Å²) in [5.41, 5.74) is 6.81. The Morgan fingerprint density at radius 2 is 1.64 bits per heavy atom. The fourth-order valence-corrected chi connectivity index (χ4v) is 1.44. The van der Waals surface area contributed by atoms with Crippen LogP contribution in [0.4, 0.5) is 0 Å². The van der Waals surface area contributed by atoms with Gasteiger partial charge in [-0.3, -0.25) is 4.79 Å². The van der Waals surface area contributed by atoms with Crippen LogP contribution in [0.2, 0.25) is 0 Å². The van der Waals surface area contributed by atoms with E-state index in [0.29, 0.717) is 13.2 Å². The van der Waals surface area contributed by atoms with Crippen molar-refractivity contribution in [2.24, 2.45) is 5.73 Å². The topological polar surface area (TPSA) is 127 Å². The van der Waals surface area contributed by atoms with Gasteiger partial charge in [0.25, 0.3) is 0 Å². The van der Waals surface area contributed by atoms with Crippen molar-refractivity contribution in [2.75, 3.05) is 13.2 Å². The molecule has 126 valence electrons. The van der Waals surface area contributed by atoms with Crippen molar-refractivity contribution in [1.29, 1.82) is 0 Å². The molecule has 0 aromatic rings. The number of esters is 1. The lowest BCUT2D eigenvalue weighted by Gasteiger charge is -2.07. The van der Waals surface area contributed by atoms with Gasteiger partial charge in [0.15, 0.2) is 0 Å². The Bertz CT molecular complexity index is 433. The Morgan fingerprint density at radius 3 is 1.91 bits per heavy atom. The maximum absolute atomic E-state index is 11.3. The first kappa shape index (κ1) is 22.1. The molecule has 0 saturated carbocycles. The standard InChI is InChI=1S/C10H19NO2.C5H6O4/c1-4-9(5-2)8(3)10(12)13-7-6-11;1-3(5(8)9)2-4(6)7/h4-7,11H2,1-3H3;1-2H2,(H,6,7)(H,8,9). The predicted octanol–water partition coefficient (Wildman–Crippen LogP) is 1.73. The molecule has 0 aliphatic rings. The molecule has 0 radical (unpaired) electrons. The molecule has 0 heterocycles. The van der Waals surface area contributed by atoms with Crippen LogP contribution in [0, 0.1) is 0 Å². The monoisotopic (exact) mass is 315 g/mol. The van der Waals surface area contributed by atoms with Crippen molar-refractivity contribution in [3.8, 4) is 0 Å². The van der Waals surface area contributed by atoms with Crippen LogP contribution in [-0.2, 0) is 19.1 Å². The minimum absolute atomic E-state index is 0.232. The number of hydrogen-bond donors (Lipinski definition) is 3. The largest absolute Gasteiger partial charge is 0.481 e. The van der Waals surface area contributed by atoms with Crippen LogP contribution in [0.5, 0.6) is 0 Å². The van der Waals surface area contributed by atoms with Gasteiger partial charge >= 0.3 is 17.9 Å². The zero-order chi connectivity index (χ0) is 17.7. The minimum Gasteiger partial charge on any atom is -0.481 e. The lowest BCUT2D eigenvalue weighted by Crippen LogP contribution is -2.15. The van der Waals surface area contributed by atoms with Crippen molar-refractivity contribution in [1.82, 2.24) is 0 Å². The number of carbonyl (C=O) groups excluding carboxylic acids is 1. The van der Waals surface area contributed by atoms with E-state index in [0.717, 1.165) is 24.0 Å². The summed E-state index contributed by atoms with van der Waals surface area (Å²) < 4.78 is 4.92. The first-order valence-corrected chi connectivity index (χ1v) is 6.89. The van der Waals surface area contributed by atoms with Gasteiger partial charge in [-0.05, 0) is 19.8 Å². The third-order valence-corrected chi connectivity index (χ3v) is 2.71. The normalized spacial score (nSPS) is 9.09. The second-order valence-electron chi connectivity index (χ2n) is 4.34. The van der Waals surface area contributed by atoms with Crippen molar-refractivity contribution in [3.63, 3.8) is 0 Å². The average Bonchev–Trinajstić information content (AvgIpc) is 2.45. The van der Waals surface area contributed by atoms with Gasteiger partial charge in [0.1, 0.15) is 6.61 Å². The molecule has 7 nitrogen and oxygen atoms in total. The van der Waals surface area contributed by atoms with Crippen LogP contribution >= 0.6 is 0 Å². The van der Waals surface area contributed by atoms with Crippen LogP contribution in [0.1, 0.15) is 40.0 Å². The van der Waals surface area contributed by atoms with Crippen LogP contribution in [0.3, 0.4) is 0 Å². The first-order chi connectivity index (χ1) is 10.2. The Morgan fingerprint density at radius 1 is 1.14 bits per heavy atom. The summed E-state index contributed by atoms with van der Waals surface area (Å²) in [5, 5.41) is 16.1. The maximum atomic E-state index is 11.3. The number of carboxylic acids is 2. The van der Waals surface area contributed by atoms with Gasteiger partial charge in [0, 0.05) is 17.7 Å². The Labute approximate surface area is 130 Å². The van der Waals surface area contributed by atoms with E-state index < -0.39 is 18.4 Å². The summed E-state index contributed by atoms with van der Waals surface area (Å²) in [4.78, 5) is 31.0. The van der Waals surface area contributed by atoms with Gasteiger partial charge < -0.3 is 20.7 Å². The first-order valence-electron chi connectivity index (χ1n) is 6.89. The zero-order valence-electron chi connectivity index (χ0n) is 13.3. The molecule has 0 aliphatic heterocycles. The van der Waals surface area contributed by atoms with Crippen molar-refractivity contribution >= 4 is 17.9 Å². The summed E-state index contributed by atoms with van der Waals surface area (Å²) in [6, 6.07) is 0. The highest BCUT2D eigenvalue weighted by Gasteiger charge is 2.09. The van der Waals surface area contributed by atoms with Gasteiger partial charge in [-0.1, -0.05) is 26.0 Å². The highest BCUT2D eigenvalue weighted by Crippen LogP contribution is 2.13. The van der Waals surface area contributed by atoms with Crippen molar-refractivity contribution < 1.29 is 29.3 Å². The maximum Gasteiger partial charge on any atom is 0.333 e. The van der Waals surface area contributed by atoms with Gasteiger partial charge in [-0.15, -0.1) is 0 Å². The molecule has 7 heteroatoms. The van der Waals surface area contributed by atoms with E-state index in [1.54, 1.807) is 6.92 Å². The Balaban J connectivity index is 0. The molecule has 0 aliphatic carbocycles. The van der Waals surface area contributed by atoms with Crippen LogP contribution in [0.15, 0.2) is 23.3 Å². The molecular weight excluding hydrogens is 290 g/mol. The Hall–Kier alpha value is -2.15. The molecule has 0 atom stereocenters. The fourth-order valence-electron chi connectivity index (χ4n) is 1.44. The number of ether oxygens (including phenoxy) is 1. The molecule has 4 N–H and O–H groups in total. The van der Waals surface area contributed by atoms with Gasteiger partial charge in [0.2, 0.25) is 0 Å². The summed E-state index contributed by atoms with van der Waals surface area (Å²) in [5.74, 6) is -2.68. The molecule has 0 bridgehead atoms. The van der Waals surface area contributed by atoms with Gasteiger partial charge in [0.05, 0.1) is 6.42 Å². The van der Waals surface area contributed by atoms with Crippen molar-refractivity contribution in [2.45, 2.75) is 40.0 Å². The predicted molar refractivity (Wildman–Crippen MR) is 82.3 cm³/mol. The van der Waals surface area contributed by atoms with Crippen LogP contribution in [-0.4, -0.2) is 41.3 Å². The quantitative estimate of drug-likeness (QED) is 0.459. The third-order valence-electron chi connectivity index (χ3n) is 2.71. The van der Waals surface area contributed by atoms with Gasteiger partial charge in [-0.2, -0.15) is 0 Å². The summed E-state index contributed by atoms with van der Waals surface area (Å²) in [6.07, 6.45) is 1.30. The smallest absolute Gasteiger partial charge is 0.333 e. The lowest BCUT2D eigenvalue weighted by atomic mass is 10.1. The van der Waals surface area contributed by atoms with E-state index in [9.17, 15) is 14.4 Å². The van der Waals surface area contributed by atoms with E-state index in [-0.39, 0.29) is 11.5 Å². The number of aliphatic carboxylic acids is 2. The minimum atomic E-state index is -1.27. The number of allylic oxidation sites excluding steroid dienone is 1. The van der Waals surface area contributed by atoms with E-state index in [1.165, 1.54) is 0 Å². The number of carboxylic acid groups (broad SMARTS) is 2. The third kappa shape index (κ3) is 10.6. The number of rotatable bonds is 8. The molecule has 0 spiro atoms. The van der Waals surface area contributed by atoms with E-state index >= 15 is 0 Å². The summed E-state index contributed by atoms with van der Waals surface area (Å²) in [6.45, 7) is 9.59. The molecule has 22 heavy (non-hydrogen) atoms. The van der Waals surface area contributed by atoms with E-state index in [4.69, 9.17) is 20.7 Å². The lowest BCUT2D eigenvalue weighted by molar-refractivity contribution is -0.139. The second-order valence-corrected chi connectivity index (χ2v) is 4.34. The van der Waals surface area contributed by atoms with Crippen LogP contribution < -0.4 is 5.73 Å². The molecule has 0 unspecified atom stereocenters. The summed E-state index contributed by atoms with van der Waals surface area (Å²) >= 11 is 0. The fraction of sp³-hybridized carbons (Fsp3) is 0.533. The molecule has 0 aromatic heterocycles. The molecule has 0 amide bonds. The Kier molecular flexibility index (Phi) is 12.7. The molecule has 0 aromatic carbocycles. The average molecular weight is 315 g/mol. The number of nitrogens with two attached hydrogens (primary N) is 1.